The third kappa shape index (κ3) is 3.63. The van der Waals surface area contributed by atoms with Gasteiger partial charge in [-0.1, -0.05) is 23.8 Å². The zero-order valence-corrected chi connectivity index (χ0v) is 18.6. The monoisotopic (exact) mass is 450 g/mol. The van der Waals surface area contributed by atoms with Crippen LogP contribution in [0.25, 0.3) is 22.5 Å². The predicted molar refractivity (Wildman–Crippen MR) is 121 cm³/mol. The van der Waals surface area contributed by atoms with Crippen LogP contribution in [0.1, 0.15) is 48.8 Å². The van der Waals surface area contributed by atoms with Gasteiger partial charge in [0.1, 0.15) is 6.10 Å². The first-order valence-corrected chi connectivity index (χ1v) is 10.8. The number of anilines is 1. The molecule has 2 bridgehead atoms. The van der Waals surface area contributed by atoms with Gasteiger partial charge >= 0.3 is 6.55 Å². The standard InChI is InChI=1S/C24H24F2N6O/c1-4-31-22-15(11-29-31)8-17-12-32(24(25)26)30-21(17)18-6-5-13(2)7-19(18)14(3)33-20-9-16(22)10-28-23(20)27/h5-7,9-12,14,24H,4,8H2,1-3H3,(H2,27,28). The lowest BCUT2D eigenvalue weighted by molar-refractivity contribution is 0.0567. The number of nitrogens with two attached hydrogens (primary N) is 1. The minimum Gasteiger partial charge on any atom is -0.482 e. The van der Waals surface area contributed by atoms with Crippen LogP contribution in [0.5, 0.6) is 5.75 Å². The number of hydrogen-bond donors (Lipinski definition) is 1. The molecule has 0 aliphatic carbocycles. The molecule has 7 nitrogen and oxygen atoms in total. The van der Waals surface area contributed by atoms with Crippen molar-refractivity contribution in [1.82, 2.24) is 24.5 Å². The summed E-state index contributed by atoms with van der Waals surface area (Å²) in [6.07, 6.45) is 4.84. The van der Waals surface area contributed by atoms with Crippen molar-refractivity contribution in [3.8, 4) is 28.3 Å². The van der Waals surface area contributed by atoms with E-state index in [9.17, 15) is 8.78 Å². The summed E-state index contributed by atoms with van der Waals surface area (Å²) < 4.78 is 36.1. The quantitative estimate of drug-likeness (QED) is 0.456. The second-order valence-electron chi connectivity index (χ2n) is 8.23. The molecule has 0 radical (unpaired) electrons. The average molecular weight is 450 g/mol. The van der Waals surface area contributed by atoms with E-state index in [1.165, 1.54) is 6.20 Å². The van der Waals surface area contributed by atoms with E-state index in [0.29, 0.717) is 34.7 Å². The first-order chi connectivity index (χ1) is 15.9. The molecule has 3 aromatic heterocycles. The predicted octanol–water partition coefficient (Wildman–Crippen LogP) is 5.16. The van der Waals surface area contributed by atoms with Crippen molar-refractivity contribution in [1.29, 1.82) is 0 Å². The number of nitrogen functional groups attached to an aromatic ring is 1. The Labute approximate surface area is 189 Å². The third-order valence-electron chi connectivity index (χ3n) is 5.96. The molecule has 1 atom stereocenters. The number of halogens is 2. The largest absolute Gasteiger partial charge is 0.482 e. The van der Waals surface area contributed by atoms with Crippen LogP contribution < -0.4 is 10.5 Å². The van der Waals surface area contributed by atoms with Gasteiger partial charge in [-0.3, -0.25) is 4.68 Å². The van der Waals surface area contributed by atoms with Crippen molar-refractivity contribution in [3.05, 3.63) is 65.1 Å². The first kappa shape index (κ1) is 21.1. The molecule has 170 valence electrons. The number of alkyl halides is 2. The normalized spacial score (nSPS) is 15.2. The lowest BCUT2D eigenvalue weighted by Gasteiger charge is -2.21. The topological polar surface area (TPSA) is 83.8 Å². The Bertz CT molecular complexity index is 1340. The molecule has 1 aromatic carbocycles. The van der Waals surface area contributed by atoms with Crippen molar-refractivity contribution in [2.24, 2.45) is 0 Å². The number of nitrogens with zero attached hydrogens (tertiary/aromatic N) is 5. The lowest BCUT2D eigenvalue weighted by Crippen LogP contribution is -2.10. The Morgan fingerprint density at radius 1 is 1.21 bits per heavy atom. The molecule has 0 saturated heterocycles. The van der Waals surface area contributed by atoms with Gasteiger partial charge in [0.15, 0.2) is 11.6 Å². The van der Waals surface area contributed by atoms with E-state index in [2.05, 4.69) is 15.2 Å². The van der Waals surface area contributed by atoms with Crippen molar-refractivity contribution < 1.29 is 13.5 Å². The molecule has 2 N–H and O–H groups in total. The fourth-order valence-electron chi connectivity index (χ4n) is 4.39. The zero-order valence-electron chi connectivity index (χ0n) is 18.6. The van der Waals surface area contributed by atoms with Crippen molar-refractivity contribution in [2.45, 2.75) is 46.4 Å². The Hall–Kier alpha value is -3.75. The summed E-state index contributed by atoms with van der Waals surface area (Å²) >= 11 is 0. The molecule has 4 heterocycles. The minimum atomic E-state index is -2.74. The lowest BCUT2D eigenvalue weighted by atomic mass is 9.93. The van der Waals surface area contributed by atoms with E-state index < -0.39 is 12.7 Å². The van der Waals surface area contributed by atoms with Crippen LogP contribution in [-0.4, -0.2) is 24.5 Å². The number of fused-ring (bicyclic) bond motifs is 7. The van der Waals surface area contributed by atoms with E-state index in [0.717, 1.165) is 33.5 Å². The maximum Gasteiger partial charge on any atom is 0.333 e. The third-order valence-corrected chi connectivity index (χ3v) is 5.96. The van der Waals surface area contributed by atoms with Gasteiger partial charge in [0.2, 0.25) is 0 Å². The SMILES string of the molecule is CCn1ncc2c1-c1cnc(N)c(c1)OC(C)c1cc(C)ccc1-c1nn(C(F)F)cc1C2. The molecule has 4 aromatic rings. The Kier molecular flexibility index (Phi) is 5.11. The van der Waals surface area contributed by atoms with Gasteiger partial charge in [0.25, 0.3) is 0 Å². The Morgan fingerprint density at radius 3 is 2.79 bits per heavy atom. The van der Waals surface area contributed by atoms with Crippen LogP contribution in [0, 0.1) is 6.92 Å². The van der Waals surface area contributed by atoms with Crippen LogP contribution in [-0.2, 0) is 13.0 Å². The molecular weight excluding hydrogens is 426 g/mol. The molecule has 0 fully saturated rings. The molecule has 0 amide bonds. The maximum absolute atomic E-state index is 13.7. The summed E-state index contributed by atoms with van der Waals surface area (Å²) in [5, 5.41) is 8.79. The van der Waals surface area contributed by atoms with Gasteiger partial charge in [-0.05, 0) is 26.8 Å². The second-order valence-corrected chi connectivity index (χ2v) is 8.23. The highest BCUT2D eigenvalue weighted by molar-refractivity contribution is 5.72. The number of benzene rings is 1. The van der Waals surface area contributed by atoms with E-state index >= 15 is 0 Å². The number of aryl methyl sites for hydroxylation is 2. The molecule has 0 spiro atoms. The van der Waals surface area contributed by atoms with E-state index in [1.807, 2.05) is 49.7 Å². The summed E-state index contributed by atoms with van der Waals surface area (Å²) in [4.78, 5) is 4.36. The Morgan fingerprint density at radius 2 is 2.03 bits per heavy atom. The maximum atomic E-state index is 13.7. The van der Waals surface area contributed by atoms with E-state index in [-0.39, 0.29) is 5.82 Å². The molecule has 0 saturated carbocycles. The highest BCUT2D eigenvalue weighted by Crippen LogP contribution is 2.38. The van der Waals surface area contributed by atoms with Gasteiger partial charge in [0.05, 0.1) is 17.6 Å². The van der Waals surface area contributed by atoms with Crippen LogP contribution in [0.2, 0.25) is 0 Å². The summed E-state index contributed by atoms with van der Waals surface area (Å²) in [6, 6.07) is 7.71. The number of rotatable bonds is 2. The van der Waals surface area contributed by atoms with Crippen molar-refractivity contribution in [3.63, 3.8) is 0 Å². The average Bonchev–Trinajstić information content (AvgIpc) is 3.39. The number of hydrogen-bond acceptors (Lipinski definition) is 5. The van der Waals surface area contributed by atoms with Crippen molar-refractivity contribution in [2.75, 3.05) is 5.73 Å². The minimum absolute atomic E-state index is 0.281. The fourth-order valence-corrected chi connectivity index (χ4v) is 4.39. The molecule has 1 unspecified atom stereocenters. The summed E-state index contributed by atoms with van der Waals surface area (Å²) in [5.41, 5.74) is 12.5. The molecule has 1 aliphatic heterocycles. The summed E-state index contributed by atoms with van der Waals surface area (Å²) in [6.45, 7) is 3.77. The van der Waals surface area contributed by atoms with Crippen LogP contribution in [0.15, 0.2) is 42.9 Å². The zero-order chi connectivity index (χ0) is 23.3. The smallest absolute Gasteiger partial charge is 0.333 e. The Balaban J connectivity index is 1.81. The highest BCUT2D eigenvalue weighted by atomic mass is 19.3. The van der Waals surface area contributed by atoms with Crippen LogP contribution in [0.3, 0.4) is 0 Å². The van der Waals surface area contributed by atoms with Gasteiger partial charge < -0.3 is 10.5 Å². The molecule has 9 heteroatoms. The molecule has 5 rings (SSSR count). The van der Waals surface area contributed by atoms with Crippen LogP contribution >= 0.6 is 0 Å². The van der Waals surface area contributed by atoms with Gasteiger partial charge in [-0.2, -0.15) is 19.0 Å². The number of aromatic nitrogens is 5. The molecular formula is C24H24F2N6O. The first-order valence-electron chi connectivity index (χ1n) is 10.8. The van der Waals surface area contributed by atoms with Crippen molar-refractivity contribution >= 4 is 5.82 Å². The van der Waals surface area contributed by atoms with Gasteiger partial charge in [0, 0.05) is 53.2 Å². The summed E-state index contributed by atoms with van der Waals surface area (Å²) in [5.74, 6) is 0.741. The second kappa shape index (κ2) is 7.99. The molecule has 33 heavy (non-hydrogen) atoms. The molecule has 1 aliphatic rings. The van der Waals surface area contributed by atoms with Gasteiger partial charge in [-0.25, -0.2) is 9.67 Å². The van der Waals surface area contributed by atoms with E-state index in [1.54, 1.807) is 12.4 Å². The fraction of sp³-hybridized carbons (Fsp3) is 0.292. The summed E-state index contributed by atoms with van der Waals surface area (Å²) in [7, 11) is 0. The number of ether oxygens (including phenoxy) is 1. The van der Waals surface area contributed by atoms with Gasteiger partial charge in [-0.15, -0.1) is 0 Å². The van der Waals surface area contributed by atoms with Crippen LogP contribution in [0.4, 0.5) is 14.6 Å². The van der Waals surface area contributed by atoms with E-state index in [4.69, 9.17) is 10.5 Å². The highest BCUT2D eigenvalue weighted by Gasteiger charge is 2.25. The number of pyridine rings is 1.